The maximum absolute atomic E-state index is 4.96. The first-order chi connectivity index (χ1) is 16.0. The Morgan fingerprint density at radius 3 is 2.52 bits per heavy atom. The van der Waals surface area contributed by atoms with E-state index in [1.807, 2.05) is 70.4 Å². The quantitative estimate of drug-likeness (QED) is 0.362. The molecule has 1 heterocycles. The SMILES string of the molecule is C=C/C(=C\N(C)C)c1cccc(-c2ncc(/C(C=NC)=C/C)c(NC3CCCC3)n2)c1.CC. The minimum Gasteiger partial charge on any atom is -0.383 e. The lowest BCUT2D eigenvalue weighted by atomic mass is 10.0. The fourth-order valence-corrected chi connectivity index (χ4v) is 3.91. The van der Waals surface area contributed by atoms with E-state index in [0.29, 0.717) is 11.9 Å². The highest BCUT2D eigenvalue weighted by atomic mass is 15.1. The van der Waals surface area contributed by atoms with Crippen LogP contribution in [-0.2, 0) is 0 Å². The van der Waals surface area contributed by atoms with Crippen molar-refractivity contribution in [3.63, 3.8) is 0 Å². The summed E-state index contributed by atoms with van der Waals surface area (Å²) >= 11 is 0. The number of rotatable bonds is 8. The fraction of sp³-hybridized carbons (Fsp3) is 0.393. The second-order valence-electron chi connectivity index (χ2n) is 8.05. The summed E-state index contributed by atoms with van der Waals surface area (Å²) in [4.78, 5) is 15.9. The summed E-state index contributed by atoms with van der Waals surface area (Å²) in [6, 6.07) is 8.76. The molecule has 0 radical (unpaired) electrons. The minimum absolute atomic E-state index is 0.458. The van der Waals surface area contributed by atoms with E-state index < -0.39 is 0 Å². The maximum Gasteiger partial charge on any atom is 0.161 e. The van der Waals surface area contributed by atoms with Gasteiger partial charge in [0.25, 0.3) is 0 Å². The first kappa shape index (κ1) is 26.0. The predicted octanol–water partition coefficient (Wildman–Crippen LogP) is 6.72. The Bertz CT molecular complexity index is 995. The van der Waals surface area contributed by atoms with Crippen LogP contribution < -0.4 is 5.32 Å². The van der Waals surface area contributed by atoms with Crippen LogP contribution in [0.25, 0.3) is 22.5 Å². The molecule has 2 aromatic rings. The minimum atomic E-state index is 0.458. The van der Waals surface area contributed by atoms with Gasteiger partial charge in [-0.2, -0.15) is 0 Å². The zero-order valence-corrected chi connectivity index (χ0v) is 21.1. The zero-order valence-electron chi connectivity index (χ0n) is 21.1. The highest BCUT2D eigenvalue weighted by Gasteiger charge is 2.19. The second kappa shape index (κ2) is 13.4. The summed E-state index contributed by atoms with van der Waals surface area (Å²) in [6.07, 6.45) is 14.6. The van der Waals surface area contributed by atoms with E-state index in [-0.39, 0.29) is 0 Å². The van der Waals surface area contributed by atoms with Crippen LogP contribution in [0.5, 0.6) is 0 Å². The molecule has 0 atom stereocenters. The van der Waals surface area contributed by atoms with Gasteiger partial charge in [0.1, 0.15) is 5.82 Å². The monoisotopic (exact) mass is 445 g/mol. The third kappa shape index (κ3) is 7.14. The number of nitrogens with zero attached hydrogens (tertiary/aromatic N) is 4. The van der Waals surface area contributed by atoms with Gasteiger partial charge in [-0.1, -0.05) is 63.6 Å². The summed E-state index contributed by atoms with van der Waals surface area (Å²) < 4.78 is 0. The van der Waals surface area contributed by atoms with Crippen molar-refractivity contribution in [2.24, 2.45) is 4.99 Å². The van der Waals surface area contributed by atoms with Crippen LogP contribution in [0, 0.1) is 0 Å². The molecule has 176 valence electrons. The van der Waals surface area contributed by atoms with Gasteiger partial charge in [-0.05, 0) is 37.0 Å². The third-order valence-electron chi connectivity index (χ3n) is 5.45. The number of hydrogen-bond acceptors (Lipinski definition) is 5. The van der Waals surface area contributed by atoms with Crippen molar-refractivity contribution >= 4 is 23.2 Å². The molecule has 0 spiro atoms. The summed E-state index contributed by atoms with van der Waals surface area (Å²) in [7, 11) is 5.80. The van der Waals surface area contributed by atoms with Crippen LogP contribution in [0.2, 0.25) is 0 Å². The van der Waals surface area contributed by atoms with Crippen molar-refractivity contribution in [3.05, 3.63) is 66.5 Å². The van der Waals surface area contributed by atoms with E-state index in [0.717, 1.165) is 33.7 Å². The molecular formula is C28H39N5. The molecule has 0 amide bonds. The van der Waals surface area contributed by atoms with Gasteiger partial charge in [-0.15, -0.1) is 0 Å². The summed E-state index contributed by atoms with van der Waals surface area (Å²) in [5, 5.41) is 3.68. The van der Waals surface area contributed by atoms with E-state index >= 15 is 0 Å². The Hall–Kier alpha value is -3.21. The summed E-state index contributed by atoms with van der Waals surface area (Å²) in [5.41, 5.74) is 5.14. The first-order valence-corrected chi connectivity index (χ1v) is 11.9. The molecule has 33 heavy (non-hydrogen) atoms. The molecule has 5 nitrogen and oxygen atoms in total. The lowest BCUT2D eigenvalue weighted by Gasteiger charge is -2.17. The van der Waals surface area contributed by atoms with Crippen LogP contribution in [0.15, 0.2) is 60.4 Å². The van der Waals surface area contributed by atoms with Gasteiger partial charge in [0, 0.05) is 62.5 Å². The van der Waals surface area contributed by atoms with Gasteiger partial charge in [0.05, 0.1) is 0 Å². The van der Waals surface area contributed by atoms with Crippen molar-refractivity contribution in [2.75, 3.05) is 26.5 Å². The van der Waals surface area contributed by atoms with Gasteiger partial charge in [-0.3, -0.25) is 4.99 Å². The molecule has 1 N–H and O–H groups in total. The highest BCUT2D eigenvalue weighted by Crippen LogP contribution is 2.29. The van der Waals surface area contributed by atoms with Crippen molar-refractivity contribution in [1.82, 2.24) is 14.9 Å². The molecule has 1 saturated carbocycles. The Labute approximate surface area is 200 Å². The molecule has 1 aromatic carbocycles. The Morgan fingerprint density at radius 1 is 1.18 bits per heavy atom. The zero-order chi connectivity index (χ0) is 24.2. The van der Waals surface area contributed by atoms with Gasteiger partial charge in [-0.25, -0.2) is 9.97 Å². The number of aromatic nitrogens is 2. The average Bonchev–Trinajstić information content (AvgIpc) is 3.35. The summed E-state index contributed by atoms with van der Waals surface area (Å²) in [5.74, 6) is 1.59. The van der Waals surface area contributed by atoms with Crippen molar-refractivity contribution in [1.29, 1.82) is 0 Å². The van der Waals surface area contributed by atoms with Crippen LogP contribution in [0.1, 0.15) is 57.6 Å². The highest BCUT2D eigenvalue weighted by molar-refractivity contribution is 6.11. The van der Waals surface area contributed by atoms with Crippen LogP contribution >= 0.6 is 0 Å². The van der Waals surface area contributed by atoms with Crippen molar-refractivity contribution in [3.8, 4) is 11.4 Å². The molecule has 0 aliphatic heterocycles. The number of hydrogen-bond donors (Lipinski definition) is 1. The number of aliphatic imine (C=N–C) groups is 1. The van der Waals surface area contributed by atoms with E-state index in [2.05, 4.69) is 41.3 Å². The van der Waals surface area contributed by atoms with Crippen LogP contribution in [-0.4, -0.2) is 48.3 Å². The Morgan fingerprint density at radius 2 is 1.91 bits per heavy atom. The molecule has 1 aromatic heterocycles. The lowest BCUT2D eigenvalue weighted by Crippen LogP contribution is -2.17. The van der Waals surface area contributed by atoms with Gasteiger partial charge in [0.2, 0.25) is 0 Å². The maximum atomic E-state index is 4.96. The van der Waals surface area contributed by atoms with Gasteiger partial charge < -0.3 is 10.2 Å². The molecule has 0 saturated heterocycles. The standard InChI is InChI=1S/C26H33N5.C2H6/c1-6-19(16-27-3)24-17-28-25(30-26(24)29-23-13-8-9-14-23)22-12-10-11-21(15-22)20(7-2)18-31(4)5;1-2/h6-7,10-12,15-18,23H,2,8-9,13-14H2,1,3-5H3,(H,28,29,30);1-2H3/b19-6+,20-18+,27-16?;. The molecule has 5 heteroatoms. The van der Waals surface area contributed by atoms with Crippen LogP contribution in [0.3, 0.4) is 0 Å². The van der Waals surface area contributed by atoms with E-state index in [9.17, 15) is 0 Å². The molecular weight excluding hydrogens is 406 g/mol. The van der Waals surface area contributed by atoms with Crippen molar-refractivity contribution < 1.29 is 0 Å². The number of allylic oxidation sites excluding steroid dienone is 4. The van der Waals surface area contributed by atoms with E-state index in [4.69, 9.17) is 9.97 Å². The van der Waals surface area contributed by atoms with Gasteiger partial charge in [0.15, 0.2) is 5.82 Å². The second-order valence-corrected chi connectivity index (χ2v) is 8.05. The normalized spacial score (nSPS) is 14.7. The molecule has 0 bridgehead atoms. The largest absolute Gasteiger partial charge is 0.383 e. The topological polar surface area (TPSA) is 53.4 Å². The van der Waals surface area contributed by atoms with Crippen LogP contribution in [0.4, 0.5) is 5.82 Å². The Balaban J connectivity index is 0.00000187. The van der Waals surface area contributed by atoms with Gasteiger partial charge >= 0.3 is 0 Å². The number of benzene rings is 1. The van der Waals surface area contributed by atoms with Crippen molar-refractivity contribution in [2.45, 2.75) is 52.5 Å². The fourth-order valence-electron chi connectivity index (χ4n) is 3.91. The lowest BCUT2D eigenvalue weighted by molar-refractivity contribution is 0.566. The first-order valence-electron chi connectivity index (χ1n) is 11.9. The summed E-state index contributed by atoms with van der Waals surface area (Å²) in [6.45, 7) is 9.98. The van der Waals surface area contributed by atoms with E-state index in [1.165, 1.54) is 25.7 Å². The molecule has 1 fully saturated rings. The average molecular weight is 446 g/mol. The smallest absolute Gasteiger partial charge is 0.161 e. The number of anilines is 1. The molecule has 0 unspecified atom stereocenters. The Kier molecular flexibility index (Phi) is 10.5. The molecule has 3 rings (SSSR count). The predicted molar refractivity (Wildman–Crippen MR) is 145 cm³/mol. The van der Waals surface area contributed by atoms with E-state index in [1.54, 1.807) is 7.05 Å². The number of nitrogens with one attached hydrogen (secondary N) is 1. The molecule has 1 aliphatic carbocycles. The third-order valence-corrected chi connectivity index (χ3v) is 5.45. The molecule has 1 aliphatic rings.